The molecule has 0 saturated carbocycles. The van der Waals surface area contributed by atoms with E-state index in [2.05, 4.69) is 11.8 Å². The molecule has 1 aliphatic rings. The van der Waals surface area contributed by atoms with Gasteiger partial charge in [-0.15, -0.1) is 0 Å². The first kappa shape index (κ1) is 12.9. The van der Waals surface area contributed by atoms with Crippen molar-refractivity contribution >= 4 is 5.97 Å². The molecule has 1 aromatic carbocycles. The molecule has 0 aromatic heterocycles. The van der Waals surface area contributed by atoms with Crippen LogP contribution >= 0.6 is 0 Å². The third-order valence-electron chi connectivity index (χ3n) is 3.39. The van der Waals surface area contributed by atoms with Gasteiger partial charge in [0.1, 0.15) is 17.4 Å². The van der Waals surface area contributed by atoms with Gasteiger partial charge in [0.2, 0.25) is 0 Å². The van der Waals surface area contributed by atoms with Crippen molar-refractivity contribution in [2.45, 2.75) is 25.9 Å². The van der Waals surface area contributed by atoms with E-state index in [1.54, 1.807) is 18.2 Å². The molecule has 1 heterocycles. The van der Waals surface area contributed by atoms with Gasteiger partial charge in [0.25, 0.3) is 0 Å². The highest BCUT2D eigenvalue weighted by Crippen LogP contribution is 2.23. The molecule has 1 fully saturated rings. The van der Waals surface area contributed by atoms with Gasteiger partial charge in [-0.25, -0.2) is 4.79 Å². The van der Waals surface area contributed by atoms with Gasteiger partial charge in [0, 0.05) is 13.1 Å². The molecule has 0 aliphatic carbocycles. The zero-order valence-corrected chi connectivity index (χ0v) is 10.6. The third-order valence-corrected chi connectivity index (χ3v) is 3.39. The summed E-state index contributed by atoms with van der Waals surface area (Å²) in [4.78, 5) is 13.5. The number of carboxylic acids is 1. The first-order chi connectivity index (χ1) is 8.70. The molecule has 98 valence electrons. The first-order valence-electron chi connectivity index (χ1n) is 6.42. The molecular formula is C14H19NO3. The minimum absolute atomic E-state index is 0.133. The van der Waals surface area contributed by atoms with Gasteiger partial charge in [0.15, 0.2) is 0 Å². The number of hydrogen-bond donors (Lipinski definition) is 1. The van der Waals surface area contributed by atoms with Crippen molar-refractivity contribution in [2.24, 2.45) is 0 Å². The molecule has 0 spiro atoms. The minimum Gasteiger partial charge on any atom is -0.489 e. The zero-order chi connectivity index (χ0) is 13.0. The predicted molar refractivity (Wildman–Crippen MR) is 69.2 cm³/mol. The molecule has 1 saturated heterocycles. The number of likely N-dealkylation sites (tertiary alicyclic amines) is 1. The Hall–Kier alpha value is -1.55. The van der Waals surface area contributed by atoms with Crippen molar-refractivity contribution in [1.29, 1.82) is 0 Å². The van der Waals surface area contributed by atoms with Crippen molar-refractivity contribution in [1.82, 2.24) is 4.90 Å². The molecule has 4 nitrogen and oxygen atoms in total. The number of rotatable bonds is 4. The van der Waals surface area contributed by atoms with E-state index in [0.29, 0.717) is 5.75 Å². The Balaban J connectivity index is 2.00. The van der Waals surface area contributed by atoms with Crippen LogP contribution in [0.5, 0.6) is 5.75 Å². The van der Waals surface area contributed by atoms with Gasteiger partial charge in [0.05, 0.1) is 0 Å². The van der Waals surface area contributed by atoms with Crippen molar-refractivity contribution < 1.29 is 14.6 Å². The average Bonchev–Trinajstić information content (AvgIpc) is 2.40. The van der Waals surface area contributed by atoms with E-state index in [0.717, 1.165) is 32.5 Å². The number of aromatic carboxylic acids is 1. The van der Waals surface area contributed by atoms with Crippen LogP contribution in [0.25, 0.3) is 0 Å². The van der Waals surface area contributed by atoms with Crippen LogP contribution in [0.4, 0.5) is 0 Å². The minimum atomic E-state index is -0.934. The van der Waals surface area contributed by atoms with Crippen LogP contribution in [0.1, 0.15) is 30.1 Å². The summed E-state index contributed by atoms with van der Waals surface area (Å²) in [5.41, 5.74) is 0.246. The van der Waals surface area contributed by atoms with Crippen LogP contribution in [-0.4, -0.2) is 41.7 Å². The maximum atomic E-state index is 11.1. The smallest absolute Gasteiger partial charge is 0.339 e. The molecule has 18 heavy (non-hydrogen) atoms. The summed E-state index contributed by atoms with van der Waals surface area (Å²) >= 11 is 0. The summed E-state index contributed by atoms with van der Waals surface area (Å²) in [5.74, 6) is -0.448. The van der Waals surface area contributed by atoms with Crippen LogP contribution in [0, 0.1) is 0 Å². The van der Waals surface area contributed by atoms with E-state index in [4.69, 9.17) is 9.84 Å². The van der Waals surface area contributed by atoms with Crippen molar-refractivity contribution in [3.05, 3.63) is 29.8 Å². The average molecular weight is 249 g/mol. The monoisotopic (exact) mass is 249 g/mol. The number of nitrogens with zero attached hydrogens (tertiary/aromatic N) is 1. The summed E-state index contributed by atoms with van der Waals surface area (Å²) in [6.45, 7) is 5.27. The van der Waals surface area contributed by atoms with Crippen LogP contribution < -0.4 is 4.74 Å². The number of hydrogen-bond acceptors (Lipinski definition) is 3. The van der Waals surface area contributed by atoms with E-state index in [1.165, 1.54) is 0 Å². The lowest BCUT2D eigenvalue weighted by atomic mass is 10.1. The third kappa shape index (κ3) is 3.01. The summed E-state index contributed by atoms with van der Waals surface area (Å²) in [6.07, 6.45) is 2.05. The van der Waals surface area contributed by atoms with Gasteiger partial charge < -0.3 is 14.7 Å². The van der Waals surface area contributed by atoms with Crippen LogP contribution in [0.3, 0.4) is 0 Å². The number of carbonyl (C=O) groups is 1. The Kier molecular flexibility index (Phi) is 4.20. The molecule has 0 atom stereocenters. The van der Waals surface area contributed by atoms with Crippen molar-refractivity contribution in [3.8, 4) is 5.75 Å². The topological polar surface area (TPSA) is 49.8 Å². The Morgan fingerprint density at radius 3 is 2.67 bits per heavy atom. The maximum absolute atomic E-state index is 11.1. The van der Waals surface area contributed by atoms with Crippen LogP contribution in [0.2, 0.25) is 0 Å². The summed E-state index contributed by atoms with van der Waals surface area (Å²) in [5, 5.41) is 9.09. The Morgan fingerprint density at radius 1 is 1.39 bits per heavy atom. The second-order valence-corrected chi connectivity index (χ2v) is 4.55. The number of benzene rings is 1. The molecule has 0 amide bonds. The number of para-hydroxylation sites is 1. The van der Waals surface area contributed by atoms with E-state index in [1.807, 2.05) is 6.07 Å². The van der Waals surface area contributed by atoms with Crippen LogP contribution in [0.15, 0.2) is 24.3 Å². The highest BCUT2D eigenvalue weighted by Gasteiger charge is 2.21. The molecule has 0 unspecified atom stereocenters. The predicted octanol–water partition coefficient (Wildman–Crippen LogP) is 2.25. The van der Waals surface area contributed by atoms with Gasteiger partial charge in [-0.3, -0.25) is 0 Å². The van der Waals surface area contributed by atoms with E-state index < -0.39 is 5.97 Å². The van der Waals surface area contributed by atoms with Gasteiger partial charge in [-0.1, -0.05) is 19.1 Å². The second kappa shape index (κ2) is 5.87. The molecule has 4 heteroatoms. The Morgan fingerprint density at radius 2 is 2.06 bits per heavy atom. The number of carboxylic acid groups (broad SMARTS) is 1. The molecule has 0 bridgehead atoms. The van der Waals surface area contributed by atoms with Crippen LogP contribution in [-0.2, 0) is 0 Å². The lowest BCUT2D eigenvalue weighted by Gasteiger charge is -2.31. The number of piperidine rings is 1. The fourth-order valence-corrected chi connectivity index (χ4v) is 2.27. The fourth-order valence-electron chi connectivity index (χ4n) is 2.27. The summed E-state index contributed by atoms with van der Waals surface area (Å²) in [7, 11) is 0. The van der Waals surface area contributed by atoms with Gasteiger partial charge in [-0.05, 0) is 31.5 Å². The molecule has 1 aromatic rings. The quantitative estimate of drug-likeness (QED) is 0.889. The fraction of sp³-hybridized carbons (Fsp3) is 0.500. The molecule has 1 aliphatic heterocycles. The summed E-state index contributed by atoms with van der Waals surface area (Å²) in [6, 6.07) is 6.84. The zero-order valence-electron chi connectivity index (χ0n) is 10.6. The first-order valence-corrected chi connectivity index (χ1v) is 6.42. The van der Waals surface area contributed by atoms with E-state index in [-0.39, 0.29) is 11.7 Å². The lowest BCUT2D eigenvalue weighted by molar-refractivity contribution is 0.0678. The Bertz CT molecular complexity index is 411. The Labute approximate surface area is 107 Å². The van der Waals surface area contributed by atoms with Gasteiger partial charge in [-0.2, -0.15) is 0 Å². The van der Waals surface area contributed by atoms with E-state index >= 15 is 0 Å². The van der Waals surface area contributed by atoms with E-state index in [9.17, 15) is 4.79 Å². The number of ether oxygens (including phenoxy) is 1. The lowest BCUT2D eigenvalue weighted by Crippen LogP contribution is -2.38. The molecule has 2 rings (SSSR count). The second-order valence-electron chi connectivity index (χ2n) is 4.55. The molecular weight excluding hydrogens is 230 g/mol. The highest BCUT2D eigenvalue weighted by atomic mass is 16.5. The largest absolute Gasteiger partial charge is 0.489 e. The normalized spacial score (nSPS) is 17.6. The standard InChI is InChI=1S/C14H19NO3/c1-2-15-9-7-11(8-10-15)18-13-6-4-3-5-12(13)14(16)17/h3-6,11H,2,7-10H2,1H3,(H,16,17). The van der Waals surface area contributed by atoms with Gasteiger partial charge >= 0.3 is 5.97 Å². The maximum Gasteiger partial charge on any atom is 0.339 e. The van der Waals surface area contributed by atoms with Crippen molar-refractivity contribution in [3.63, 3.8) is 0 Å². The SMILES string of the molecule is CCN1CCC(Oc2ccccc2C(=O)O)CC1. The summed E-state index contributed by atoms with van der Waals surface area (Å²) < 4.78 is 5.83. The molecule has 1 N–H and O–H groups in total. The highest BCUT2D eigenvalue weighted by molar-refractivity contribution is 5.90. The molecule has 0 radical (unpaired) electrons. The van der Waals surface area contributed by atoms with Crippen molar-refractivity contribution in [2.75, 3.05) is 19.6 Å².